The van der Waals surface area contributed by atoms with Crippen molar-refractivity contribution in [3.63, 3.8) is 0 Å². The number of halogens is 2. The molecule has 1 aliphatic heterocycles. The molecule has 1 aromatic heterocycles. The highest BCUT2D eigenvalue weighted by Gasteiger charge is 2.30. The minimum Gasteiger partial charge on any atom is -0.386 e. The molecule has 0 saturated heterocycles. The van der Waals surface area contributed by atoms with Crippen LogP contribution in [0, 0.1) is 6.92 Å². The van der Waals surface area contributed by atoms with Gasteiger partial charge in [0.05, 0.1) is 6.61 Å². The average Bonchev–Trinajstić information content (AvgIpc) is 2.54. The first-order valence-electron chi connectivity index (χ1n) is 8.04. The number of ketones is 1. The summed E-state index contributed by atoms with van der Waals surface area (Å²) >= 11 is 3.37. The van der Waals surface area contributed by atoms with Crippen LogP contribution in [-0.4, -0.2) is 29.8 Å². The van der Waals surface area contributed by atoms with Crippen molar-refractivity contribution < 1.29 is 9.53 Å². The van der Waals surface area contributed by atoms with Crippen molar-refractivity contribution in [2.75, 3.05) is 13.2 Å². The molecular weight excluding hydrogens is 418 g/mol. The molecule has 2 N–H and O–H groups in total. The molecule has 1 atom stereocenters. The van der Waals surface area contributed by atoms with E-state index >= 15 is 0 Å². The van der Waals surface area contributed by atoms with Gasteiger partial charge in [0.1, 0.15) is 23.7 Å². The molecule has 3 rings (SSSR count). The summed E-state index contributed by atoms with van der Waals surface area (Å²) in [6, 6.07) is 9.76. The molecule has 2 heterocycles. The lowest BCUT2D eigenvalue weighted by Crippen LogP contribution is -2.37. The highest BCUT2D eigenvalue weighted by atomic mass is 79.9. The van der Waals surface area contributed by atoms with Crippen molar-refractivity contribution in [1.82, 2.24) is 4.98 Å². The number of pyridine rings is 1. The molecule has 7 heteroatoms. The van der Waals surface area contributed by atoms with E-state index in [0.717, 1.165) is 21.2 Å². The molecule has 0 radical (unpaired) electrons. The van der Waals surface area contributed by atoms with Crippen LogP contribution < -0.4 is 5.73 Å². The van der Waals surface area contributed by atoms with Gasteiger partial charge in [-0.05, 0) is 52.5 Å². The number of Topliss-reactive ketones (excluding diaryl/α,β-unsaturated/α-hetero) is 1. The SMILES string of the molecule is Cc1cc(Br)cnc1C(=O)Cc1cccc([C@]2(C)COCC(N)=N2)c1.Cl. The zero-order chi connectivity index (χ0) is 18.0. The van der Waals surface area contributed by atoms with Gasteiger partial charge in [-0.15, -0.1) is 12.4 Å². The lowest BCUT2D eigenvalue weighted by molar-refractivity contribution is 0.0987. The Kier molecular flexibility index (Phi) is 6.55. The van der Waals surface area contributed by atoms with Crippen LogP contribution in [0.15, 0.2) is 46.0 Å². The van der Waals surface area contributed by atoms with E-state index in [1.165, 1.54) is 0 Å². The maximum Gasteiger partial charge on any atom is 0.185 e. The molecule has 2 aromatic rings. The minimum absolute atomic E-state index is 0. The van der Waals surface area contributed by atoms with Gasteiger partial charge in [0.15, 0.2) is 5.78 Å². The van der Waals surface area contributed by atoms with Crippen LogP contribution in [0.25, 0.3) is 0 Å². The number of carbonyl (C=O) groups excluding carboxylic acids is 1. The van der Waals surface area contributed by atoms with Gasteiger partial charge in [-0.1, -0.05) is 24.3 Å². The summed E-state index contributed by atoms with van der Waals surface area (Å²) in [6.07, 6.45) is 1.94. The van der Waals surface area contributed by atoms with E-state index in [-0.39, 0.29) is 18.2 Å². The lowest BCUT2D eigenvalue weighted by Gasteiger charge is -2.30. The molecule has 0 aliphatic carbocycles. The van der Waals surface area contributed by atoms with E-state index in [0.29, 0.717) is 31.2 Å². The lowest BCUT2D eigenvalue weighted by atomic mass is 9.90. The summed E-state index contributed by atoms with van der Waals surface area (Å²) in [4.78, 5) is 21.4. The maximum absolute atomic E-state index is 12.6. The third-order valence-electron chi connectivity index (χ3n) is 4.25. The van der Waals surface area contributed by atoms with Gasteiger partial charge in [-0.25, -0.2) is 0 Å². The first-order valence-corrected chi connectivity index (χ1v) is 8.83. The largest absolute Gasteiger partial charge is 0.386 e. The smallest absolute Gasteiger partial charge is 0.185 e. The number of benzene rings is 1. The molecular formula is C19H21BrClN3O2. The van der Waals surface area contributed by atoms with Gasteiger partial charge in [-0.3, -0.25) is 14.8 Å². The Morgan fingerprint density at radius 2 is 2.15 bits per heavy atom. The Balaban J connectivity index is 0.00000243. The molecule has 26 heavy (non-hydrogen) atoms. The number of nitrogens with two attached hydrogens (primary N) is 1. The van der Waals surface area contributed by atoms with Crippen LogP contribution >= 0.6 is 28.3 Å². The molecule has 0 unspecified atom stereocenters. The van der Waals surface area contributed by atoms with Gasteiger partial charge in [-0.2, -0.15) is 0 Å². The second kappa shape index (κ2) is 8.29. The van der Waals surface area contributed by atoms with Gasteiger partial charge in [0, 0.05) is 17.1 Å². The second-order valence-electron chi connectivity index (χ2n) is 6.49. The molecule has 138 valence electrons. The van der Waals surface area contributed by atoms with E-state index < -0.39 is 5.54 Å². The monoisotopic (exact) mass is 437 g/mol. The van der Waals surface area contributed by atoms with Crippen molar-refractivity contribution in [2.45, 2.75) is 25.8 Å². The number of amidine groups is 1. The minimum atomic E-state index is -0.521. The topological polar surface area (TPSA) is 77.6 Å². The predicted octanol–water partition coefficient (Wildman–Crippen LogP) is 3.60. The number of rotatable bonds is 4. The summed E-state index contributed by atoms with van der Waals surface area (Å²) in [5.41, 5.74) is 8.58. The van der Waals surface area contributed by atoms with Gasteiger partial charge >= 0.3 is 0 Å². The number of ether oxygens (including phenoxy) is 1. The van der Waals surface area contributed by atoms with Crippen molar-refractivity contribution in [2.24, 2.45) is 10.7 Å². The maximum atomic E-state index is 12.6. The number of aromatic nitrogens is 1. The highest BCUT2D eigenvalue weighted by molar-refractivity contribution is 9.10. The van der Waals surface area contributed by atoms with E-state index in [9.17, 15) is 4.79 Å². The zero-order valence-corrected chi connectivity index (χ0v) is 17.1. The zero-order valence-electron chi connectivity index (χ0n) is 14.7. The van der Waals surface area contributed by atoms with Crippen LogP contribution in [0.3, 0.4) is 0 Å². The molecule has 1 aromatic carbocycles. The summed E-state index contributed by atoms with van der Waals surface area (Å²) in [5, 5.41) is 0. The molecule has 0 fully saturated rings. The fourth-order valence-corrected chi connectivity index (χ4v) is 3.45. The van der Waals surface area contributed by atoms with Crippen molar-refractivity contribution in [1.29, 1.82) is 0 Å². The normalized spacial score (nSPS) is 19.4. The quantitative estimate of drug-likeness (QED) is 0.740. The number of aryl methyl sites for hydroxylation is 1. The summed E-state index contributed by atoms with van der Waals surface area (Å²) < 4.78 is 6.40. The Labute approximate surface area is 167 Å². The first-order chi connectivity index (χ1) is 11.9. The van der Waals surface area contributed by atoms with E-state index in [2.05, 4.69) is 25.9 Å². The molecule has 0 spiro atoms. The fraction of sp³-hybridized carbons (Fsp3) is 0.316. The van der Waals surface area contributed by atoms with Crippen LogP contribution in [0.1, 0.15) is 34.1 Å². The summed E-state index contributed by atoms with van der Waals surface area (Å²) in [5.74, 6) is 0.486. The summed E-state index contributed by atoms with van der Waals surface area (Å²) in [7, 11) is 0. The van der Waals surface area contributed by atoms with E-state index in [1.54, 1.807) is 6.20 Å². The Morgan fingerprint density at radius 1 is 1.38 bits per heavy atom. The molecule has 0 bridgehead atoms. The number of aliphatic imine (C=N–C) groups is 1. The van der Waals surface area contributed by atoms with Gasteiger partial charge in [0.2, 0.25) is 0 Å². The van der Waals surface area contributed by atoms with Crippen LogP contribution in [0.5, 0.6) is 0 Å². The average molecular weight is 439 g/mol. The Morgan fingerprint density at radius 3 is 2.85 bits per heavy atom. The molecule has 5 nitrogen and oxygen atoms in total. The predicted molar refractivity (Wildman–Crippen MR) is 108 cm³/mol. The third-order valence-corrected chi connectivity index (χ3v) is 4.68. The third kappa shape index (κ3) is 4.50. The van der Waals surface area contributed by atoms with Crippen molar-refractivity contribution >= 4 is 40.0 Å². The Bertz CT molecular complexity index is 856. The first kappa shape index (κ1) is 20.6. The van der Waals surface area contributed by atoms with Gasteiger partial charge in [0.25, 0.3) is 0 Å². The molecule has 0 saturated carbocycles. The Hall–Kier alpha value is -1.76. The van der Waals surface area contributed by atoms with Crippen LogP contribution in [-0.2, 0) is 16.7 Å². The van der Waals surface area contributed by atoms with E-state index in [4.69, 9.17) is 10.5 Å². The van der Waals surface area contributed by atoms with E-state index in [1.807, 2.05) is 44.2 Å². The fourth-order valence-electron chi connectivity index (χ4n) is 3.00. The molecule has 0 amide bonds. The standard InChI is InChI=1S/C19H20BrN3O2.ClH/c1-12-6-15(20)9-22-18(12)16(24)8-13-4-3-5-14(7-13)19(2)11-25-10-17(21)23-19;/h3-7,9H,8,10-11H2,1-2H3,(H2,21,23);1H/t19-;/m0./s1. The van der Waals surface area contributed by atoms with Gasteiger partial charge < -0.3 is 10.5 Å². The number of nitrogens with zero attached hydrogens (tertiary/aromatic N) is 2. The second-order valence-corrected chi connectivity index (χ2v) is 7.40. The summed E-state index contributed by atoms with van der Waals surface area (Å²) in [6.45, 7) is 4.71. The number of hydrogen-bond acceptors (Lipinski definition) is 5. The number of hydrogen-bond donors (Lipinski definition) is 1. The number of carbonyl (C=O) groups is 1. The van der Waals surface area contributed by atoms with Crippen molar-refractivity contribution in [3.05, 3.63) is 63.4 Å². The van der Waals surface area contributed by atoms with Crippen LogP contribution in [0.2, 0.25) is 0 Å². The molecule has 1 aliphatic rings. The van der Waals surface area contributed by atoms with Crippen molar-refractivity contribution in [3.8, 4) is 0 Å². The highest BCUT2D eigenvalue weighted by Crippen LogP contribution is 2.29. The van der Waals surface area contributed by atoms with Crippen LogP contribution in [0.4, 0.5) is 0 Å².